The molecule has 8 nitrogen and oxygen atoms in total. The van der Waals surface area contributed by atoms with E-state index in [1.165, 1.54) is 27.8 Å². The molecule has 2 aromatic heterocycles. The van der Waals surface area contributed by atoms with E-state index in [0.717, 1.165) is 0 Å². The maximum absolute atomic E-state index is 14.0. The SMILES string of the molecule is [C-]#[N+]c1c2c(nn1C)CN(C)C(=O)c1ccc(F)cc1[C@@H](C)Oc1cc-2cnc1N. The quantitative estimate of drug-likeness (QED) is 0.577. The molecule has 0 saturated carbocycles. The van der Waals surface area contributed by atoms with Crippen LogP contribution in [0.3, 0.4) is 0 Å². The van der Waals surface area contributed by atoms with Crippen LogP contribution in [0.25, 0.3) is 16.0 Å². The van der Waals surface area contributed by atoms with E-state index in [-0.39, 0.29) is 24.0 Å². The highest BCUT2D eigenvalue weighted by atomic mass is 19.1. The van der Waals surface area contributed by atoms with Crippen LogP contribution in [0.5, 0.6) is 5.75 Å². The van der Waals surface area contributed by atoms with Crippen molar-refractivity contribution in [1.82, 2.24) is 19.7 Å². The molecule has 9 heteroatoms. The summed E-state index contributed by atoms with van der Waals surface area (Å²) in [7, 11) is 3.30. The molecule has 0 aliphatic carbocycles. The minimum absolute atomic E-state index is 0.152. The van der Waals surface area contributed by atoms with Crippen molar-refractivity contribution >= 4 is 17.5 Å². The van der Waals surface area contributed by atoms with Crippen LogP contribution in [0.4, 0.5) is 16.0 Å². The standard InChI is InChI=1S/C21H19FN6O2/c1-11-15-8-13(22)5-6-14(15)21(29)27(3)10-16-18(20(24-2)28(4)26-16)12-7-17(30-11)19(23)25-9-12/h5-9,11H,10H2,1,3-4H3,(H2,23,25)/t11-/m1/s1. The number of rotatable bonds is 0. The Hall–Kier alpha value is -3.93. The molecule has 2 N–H and O–H groups in total. The van der Waals surface area contributed by atoms with Gasteiger partial charge in [-0.15, -0.1) is 5.10 Å². The number of halogens is 1. The highest BCUT2D eigenvalue weighted by molar-refractivity contribution is 5.96. The van der Waals surface area contributed by atoms with Gasteiger partial charge < -0.3 is 20.2 Å². The number of amides is 1. The van der Waals surface area contributed by atoms with Gasteiger partial charge in [-0.05, 0) is 36.8 Å². The number of anilines is 1. The lowest BCUT2D eigenvalue weighted by Gasteiger charge is -2.23. The number of nitrogens with zero attached hydrogens (tertiary/aromatic N) is 5. The number of benzene rings is 1. The first-order chi connectivity index (χ1) is 14.3. The Morgan fingerprint density at radius 2 is 2.10 bits per heavy atom. The highest BCUT2D eigenvalue weighted by Crippen LogP contribution is 2.38. The molecule has 1 amide bonds. The van der Waals surface area contributed by atoms with Gasteiger partial charge in [-0.2, -0.15) is 0 Å². The summed E-state index contributed by atoms with van der Waals surface area (Å²) in [6.07, 6.45) is 0.879. The zero-order chi connectivity index (χ0) is 21.6. The molecule has 1 aliphatic rings. The van der Waals surface area contributed by atoms with Gasteiger partial charge in [0, 0.05) is 29.9 Å². The van der Waals surface area contributed by atoms with Crippen LogP contribution in [0.15, 0.2) is 30.5 Å². The van der Waals surface area contributed by atoms with Crippen molar-refractivity contribution in [2.24, 2.45) is 7.05 Å². The van der Waals surface area contributed by atoms with E-state index in [2.05, 4.69) is 14.9 Å². The van der Waals surface area contributed by atoms with Gasteiger partial charge in [-0.1, -0.05) is 6.57 Å². The van der Waals surface area contributed by atoms with Crippen molar-refractivity contribution < 1.29 is 13.9 Å². The van der Waals surface area contributed by atoms with Gasteiger partial charge in [0.25, 0.3) is 11.7 Å². The zero-order valence-electron chi connectivity index (χ0n) is 16.7. The van der Waals surface area contributed by atoms with Crippen molar-refractivity contribution in [2.45, 2.75) is 19.6 Å². The molecule has 3 heterocycles. The fourth-order valence-electron chi connectivity index (χ4n) is 3.61. The molecular formula is C21H19FN6O2. The van der Waals surface area contributed by atoms with Crippen LogP contribution in [-0.2, 0) is 13.6 Å². The van der Waals surface area contributed by atoms with Crippen molar-refractivity contribution in [3.63, 3.8) is 0 Å². The minimum atomic E-state index is -0.666. The molecule has 1 atom stereocenters. The topological polar surface area (TPSA) is 90.6 Å². The van der Waals surface area contributed by atoms with Crippen LogP contribution in [0.1, 0.15) is 34.6 Å². The fraction of sp³-hybridized carbons (Fsp3) is 0.238. The summed E-state index contributed by atoms with van der Waals surface area (Å²) < 4.78 is 21.4. The summed E-state index contributed by atoms with van der Waals surface area (Å²) in [5, 5.41) is 4.44. The third-order valence-electron chi connectivity index (χ3n) is 5.09. The van der Waals surface area contributed by atoms with Gasteiger partial charge in [-0.25, -0.2) is 14.1 Å². The first kappa shape index (κ1) is 19.4. The first-order valence-corrected chi connectivity index (χ1v) is 9.21. The fourth-order valence-corrected chi connectivity index (χ4v) is 3.61. The average molecular weight is 406 g/mol. The smallest absolute Gasteiger partial charge is 0.260 e. The van der Waals surface area contributed by atoms with E-state index in [9.17, 15) is 9.18 Å². The second-order valence-corrected chi connectivity index (χ2v) is 7.14. The Labute approximate surface area is 172 Å². The Balaban J connectivity index is 1.98. The number of nitrogen functional groups attached to an aromatic ring is 1. The number of hydrogen-bond donors (Lipinski definition) is 1. The Bertz CT molecular complexity index is 1210. The lowest BCUT2D eigenvalue weighted by molar-refractivity contribution is 0.0778. The molecule has 1 aromatic carbocycles. The lowest BCUT2D eigenvalue weighted by atomic mass is 10.0. The van der Waals surface area contributed by atoms with Crippen LogP contribution in [0, 0.1) is 12.4 Å². The second-order valence-electron chi connectivity index (χ2n) is 7.14. The molecule has 0 fully saturated rings. The minimum Gasteiger partial charge on any atom is -0.482 e. The first-order valence-electron chi connectivity index (χ1n) is 9.21. The molecule has 30 heavy (non-hydrogen) atoms. The zero-order valence-corrected chi connectivity index (χ0v) is 16.7. The number of carbonyl (C=O) groups excluding carboxylic acids is 1. The molecule has 0 unspecified atom stereocenters. The average Bonchev–Trinajstić information content (AvgIpc) is 3.03. The summed E-state index contributed by atoms with van der Waals surface area (Å²) in [6.45, 7) is 9.43. The van der Waals surface area contributed by atoms with Gasteiger partial charge in [0.15, 0.2) is 11.6 Å². The van der Waals surface area contributed by atoms with Gasteiger partial charge in [0.05, 0.1) is 13.6 Å². The van der Waals surface area contributed by atoms with Crippen molar-refractivity contribution in [3.05, 3.63) is 64.5 Å². The van der Waals surface area contributed by atoms with Crippen LogP contribution < -0.4 is 10.5 Å². The number of carbonyl (C=O) groups is 1. The van der Waals surface area contributed by atoms with Gasteiger partial charge in [0.1, 0.15) is 17.6 Å². The van der Waals surface area contributed by atoms with Crippen molar-refractivity contribution in [3.8, 4) is 16.9 Å². The predicted molar refractivity (Wildman–Crippen MR) is 108 cm³/mol. The maximum Gasteiger partial charge on any atom is 0.260 e. The van der Waals surface area contributed by atoms with E-state index < -0.39 is 11.9 Å². The van der Waals surface area contributed by atoms with E-state index >= 15 is 0 Å². The number of pyridine rings is 1. The molecule has 2 bridgehead atoms. The van der Waals surface area contributed by atoms with Gasteiger partial charge in [-0.3, -0.25) is 4.79 Å². The summed E-state index contributed by atoms with van der Waals surface area (Å²) in [4.78, 5) is 22.5. The molecule has 0 spiro atoms. The van der Waals surface area contributed by atoms with Crippen LogP contribution in [0.2, 0.25) is 0 Å². The normalized spacial score (nSPS) is 15.9. The predicted octanol–water partition coefficient (Wildman–Crippen LogP) is 3.48. The molecule has 0 saturated heterocycles. The Morgan fingerprint density at radius 3 is 2.83 bits per heavy atom. The summed E-state index contributed by atoms with van der Waals surface area (Å²) in [5.41, 5.74) is 8.43. The molecule has 152 valence electrons. The Kier molecular flexibility index (Phi) is 4.62. The third-order valence-corrected chi connectivity index (χ3v) is 5.09. The van der Waals surface area contributed by atoms with Crippen LogP contribution >= 0.6 is 0 Å². The number of fused-ring (bicyclic) bond motifs is 5. The number of ether oxygens (including phenoxy) is 1. The van der Waals surface area contributed by atoms with Crippen molar-refractivity contribution in [2.75, 3.05) is 12.8 Å². The molecule has 1 aliphatic heterocycles. The van der Waals surface area contributed by atoms with Gasteiger partial charge in [0.2, 0.25) is 0 Å². The number of hydrogen-bond acceptors (Lipinski definition) is 5. The number of aromatic nitrogens is 3. The van der Waals surface area contributed by atoms with Crippen LogP contribution in [-0.4, -0.2) is 32.6 Å². The summed E-state index contributed by atoms with van der Waals surface area (Å²) in [6, 6.07) is 5.66. The largest absolute Gasteiger partial charge is 0.482 e. The van der Waals surface area contributed by atoms with Crippen molar-refractivity contribution in [1.29, 1.82) is 0 Å². The highest BCUT2D eigenvalue weighted by Gasteiger charge is 2.27. The van der Waals surface area contributed by atoms with E-state index in [4.69, 9.17) is 17.0 Å². The van der Waals surface area contributed by atoms with Gasteiger partial charge >= 0.3 is 0 Å². The summed E-state index contributed by atoms with van der Waals surface area (Å²) in [5.74, 6) is -0.0332. The molecule has 3 aromatic rings. The molecule has 0 radical (unpaired) electrons. The third kappa shape index (κ3) is 3.12. The molecule has 4 rings (SSSR count). The Morgan fingerprint density at radius 1 is 1.33 bits per heavy atom. The monoisotopic (exact) mass is 406 g/mol. The van der Waals surface area contributed by atoms with E-state index in [1.807, 2.05) is 0 Å². The number of nitrogens with two attached hydrogens (primary N) is 1. The number of aryl methyl sites for hydroxylation is 1. The lowest BCUT2D eigenvalue weighted by Crippen LogP contribution is -2.28. The van der Waals surface area contributed by atoms with E-state index in [0.29, 0.717) is 33.8 Å². The summed E-state index contributed by atoms with van der Waals surface area (Å²) >= 11 is 0. The molecular weight excluding hydrogens is 387 g/mol. The van der Waals surface area contributed by atoms with E-state index in [1.54, 1.807) is 33.3 Å². The maximum atomic E-state index is 14.0. The second kappa shape index (κ2) is 7.15.